The number of carbonyl (C=O) groups excluding carboxylic acids is 2. The van der Waals surface area contributed by atoms with Crippen molar-refractivity contribution in [3.8, 4) is 0 Å². The van der Waals surface area contributed by atoms with Gasteiger partial charge in [0, 0.05) is 6.54 Å². The van der Waals surface area contributed by atoms with Gasteiger partial charge in [0.2, 0.25) is 5.91 Å². The molecule has 4 nitrogen and oxygen atoms in total. The molecular weight excluding hydrogens is 273 g/mol. The number of aryl methyl sites for hydroxylation is 1. The summed E-state index contributed by atoms with van der Waals surface area (Å²) >= 11 is 0. The standard InChI is InChI=1S/C16H20FNO3/c1-10-9-12(17)6-7-13(10)11(2)15(19)18-8-4-5-14(18)16(20)21-3/h6-7,9,11,14H,4-5,8H2,1-3H3. The van der Waals surface area contributed by atoms with E-state index >= 15 is 0 Å². The third kappa shape index (κ3) is 3.06. The van der Waals surface area contributed by atoms with E-state index < -0.39 is 12.0 Å². The molecule has 1 aliphatic rings. The fourth-order valence-corrected chi connectivity index (χ4v) is 2.92. The Morgan fingerprint density at radius 2 is 2.14 bits per heavy atom. The van der Waals surface area contributed by atoms with Crippen molar-refractivity contribution in [2.24, 2.45) is 0 Å². The molecule has 1 heterocycles. The van der Waals surface area contributed by atoms with E-state index in [0.717, 1.165) is 17.5 Å². The molecule has 1 fully saturated rings. The average molecular weight is 293 g/mol. The van der Waals surface area contributed by atoms with Gasteiger partial charge in [0.25, 0.3) is 0 Å². The minimum atomic E-state index is -0.495. The minimum absolute atomic E-state index is 0.113. The molecule has 2 atom stereocenters. The van der Waals surface area contributed by atoms with Gasteiger partial charge in [-0.2, -0.15) is 0 Å². The van der Waals surface area contributed by atoms with Gasteiger partial charge < -0.3 is 9.64 Å². The van der Waals surface area contributed by atoms with Gasteiger partial charge in [0.1, 0.15) is 11.9 Å². The molecular formula is C16H20FNO3. The molecule has 1 aromatic carbocycles. The Balaban J connectivity index is 2.20. The first-order valence-corrected chi connectivity index (χ1v) is 7.10. The number of nitrogens with zero attached hydrogens (tertiary/aromatic N) is 1. The van der Waals surface area contributed by atoms with Gasteiger partial charge in [-0.15, -0.1) is 0 Å². The summed E-state index contributed by atoms with van der Waals surface area (Å²) in [6.07, 6.45) is 1.42. The normalized spacial score (nSPS) is 19.4. The highest BCUT2D eigenvalue weighted by Gasteiger charge is 2.37. The largest absolute Gasteiger partial charge is 0.467 e. The first-order valence-electron chi connectivity index (χ1n) is 7.10. The second-order valence-corrected chi connectivity index (χ2v) is 5.44. The van der Waals surface area contributed by atoms with Crippen molar-refractivity contribution in [1.29, 1.82) is 0 Å². The third-order valence-electron chi connectivity index (χ3n) is 4.08. The molecule has 0 saturated carbocycles. The zero-order valence-corrected chi connectivity index (χ0v) is 12.6. The van der Waals surface area contributed by atoms with Crippen LogP contribution in [0.1, 0.15) is 36.8 Å². The molecule has 0 bridgehead atoms. The van der Waals surface area contributed by atoms with Crippen molar-refractivity contribution in [3.63, 3.8) is 0 Å². The number of ether oxygens (including phenoxy) is 1. The van der Waals surface area contributed by atoms with Crippen LogP contribution in [-0.4, -0.2) is 36.5 Å². The number of hydrogen-bond donors (Lipinski definition) is 0. The SMILES string of the molecule is COC(=O)C1CCCN1C(=O)C(C)c1ccc(F)cc1C. The number of esters is 1. The second kappa shape index (κ2) is 6.24. The molecule has 21 heavy (non-hydrogen) atoms. The maximum absolute atomic E-state index is 13.2. The van der Waals surface area contributed by atoms with E-state index in [1.54, 1.807) is 24.8 Å². The molecule has 1 aromatic rings. The molecule has 1 aliphatic heterocycles. The summed E-state index contributed by atoms with van der Waals surface area (Å²) in [5, 5.41) is 0. The summed E-state index contributed by atoms with van der Waals surface area (Å²) < 4.78 is 17.9. The molecule has 1 saturated heterocycles. The van der Waals surface area contributed by atoms with Crippen LogP contribution in [0.2, 0.25) is 0 Å². The van der Waals surface area contributed by atoms with Crippen LogP contribution in [0.3, 0.4) is 0 Å². The highest BCUT2D eigenvalue weighted by Crippen LogP contribution is 2.27. The van der Waals surface area contributed by atoms with E-state index in [1.165, 1.54) is 19.2 Å². The molecule has 0 aliphatic carbocycles. The number of likely N-dealkylation sites (tertiary alicyclic amines) is 1. The lowest BCUT2D eigenvalue weighted by Crippen LogP contribution is -2.43. The van der Waals surface area contributed by atoms with E-state index in [4.69, 9.17) is 4.74 Å². The van der Waals surface area contributed by atoms with Crippen molar-refractivity contribution < 1.29 is 18.7 Å². The van der Waals surface area contributed by atoms with Gasteiger partial charge in [-0.05, 0) is 49.9 Å². The van der Waals surface area contributed by atoms with Crippen molar-refractivity contribution in [2.45, 2.75) is 38.6 Å². The van der Waals surface area contributed by atoms with Crippen LogP contribution in [-0.2, 0) is 14.3 Å². The first kappa shape index (κ1) is 15.5. The van der Waals surface area contributed by atoms with Crippen LogP contribution in [0.5, 0.6) is 0 Å². The van der Waals surface area contributed by atoms with Gasteiger partial charge in [-0.3, -0.25) is 4.79 Å². The summed E-state index contributed by atoms with van der Waals surface area (Å²) in [4.78, 5) is 26.0. The quantitative estimate of drug-likeness (QED) is 0.804. The molecule has 1 amide bonds. The van der Waals surface area contributed by atoms with E-state index in [0.29, 0.717) is 13.0 Å². The van der Waals surface area contributed by atoms with Crippen molar-refractivity contribution >= 4 is 11.9 Å². The lowest BCUT2D eigenvalue weighted by Gasteiger charge is -2.26. The number of amides is 1. The highest BCUT2D eigenvalue weighted by molar-refractivity contribution is 5.89. The average Bonchev–Trinajstić information content (AvgIpc) is 2.94. The number of rotatable bonds is 3. The monoisotopic (exact) mass is 293 g/mol. The predicted molar refractivity (Wildman–Crippen MR) is 76.3 cm³/mol. The Morgan fingerprint density at radius 1 is 1.43 bits per heavy atom. The molecule has 0 N–H and O–H groups in total. The van der Waals surface area contributed by atoms with E-state index in [1.807, 2.05) is 0 Å². The van der Waals surface area contributed by atoms with Crippen LogP contribution in [0.15, 0.2) is 18.2 Å². The van der Waals surface area contributed by atoms with Crippen molar-refractivity contribution in [1.82, 2.24) is 4.90 Å². The lowest BCUT2D eigenvalue weighted by atomic mass is 9.95. The smallest absolute Gasteiger partial charge is 0.328 e. The number of hydrogen-bond acceptors (Lipinski definition) is 3. The van der Waals surface area contributed by atoms with E-state index in [-0.39, 0.29) is 17.7 Å². The predicted octanol–water partition coefficient (Wildman–Crippen LogP) is 2.40. The summed E-state index contributed by atoms with van der Waals surface area (Å²) in [6, 6.07) is 3.91. The Labute approximate surface area is 123 Å². The van der Waals surface area contributed by atoms with Gasteiger partial charge in [0.05, 0.1) is 13.0 Å². The second-order valence-electron chi connectivity index (χ2n) is 5.44. The third-order valence-corrected chi connectivity index (χ3v) is 4.08. The Bertz CT molecular complexity index is 558. The van der Waals surface area contributed by atoms with Gasteiger partial charge in [-0.1, -0.05) is 6.07 Å². The number of carbonyl (C=O) groups is 2. The van der Waals surface area contributed by atoms with Gasteiger partial charge in [-0.25, -0.2) is 9.18 Å². The fourth-order valence-electron chi connectivity index (χ4n) is 2.92. The lowest BCUT2D eigenvalue weighted by molar-refractivity contribution is -0.151. The van der Waals surface area contributed by atoms with Crippen LogP contribution in [0, 0.1) is 12.7 Å². The Hall–Kier alpha value is -1.91. The van der Waals surface area contributed by atoms with Crippen LogP contribution < -0.4 is 0 Å². The zero-order valence-electron chi connectivity index (χ0n) is 12.6. The first-order chi connectivity index (χ1) is 9.95. The van der Waals surface area contributed by atoms with Crippen LogP contribution in [0.25, 0.3) is 0 Å². The topological polar surface area (TPSA) is 46.6 Å². The summed E-state index contributed by atoms with van der Waals surface area (Å²) in [5.74, 6) is -1.21. The Kier molecular flexibility index (Phi) is 4.60. The van der Waals surface area contributed by atoms with Crippen LogP contribution >= 0.6 is 0 Å². The Morgan fingerprint density at radius 3 is 2.76 bits per heavy atom. The highest BCUT2D eigenvalue weighted by atomic mass is 19.1. The summed E-state index contributed by atoms with van der Waals surface area (Å²) in [7, 11) is 1.33. The fraction of sp³-hybridized carbons (Fsp3) is 0.500. The maximum Gasteiger partial charge on any atom is 0.328 e. The van der Waals surface area contributed by atoms with Gasteiger partial charge >= 0.3 is 5.97 Å². The molecule has 0 spiro atoms. The minimum Gasteiger partial charge on any atom is -0.467 e. The summed E-state index contributed by atoms with van der Waals surface area (Å²) in [5.41, 5.74) is 1.53. The molecule has 114 valence electrons. The molecule has 0 radical (unpaired) electrons. The van der Waals surface area contributed by atoms with Crippen molar-refractivity contribution in [2.75, 3.05) is 13.7 Å². The molecule has 2 unspecified atom stereocenters. The zero-order chi connectivity index (χ0) is 15.6. The van der Waals surface area contributed by atoms with Gasteiger partial charge in [0.15, 0.2) is 0 Å². The van der Waals surface area contributed by atoms with Crippen molar-refractivity contribution in [3.05, 3.63) is 35.1 Å². The van der Waals surface area contributed by atoms with Crippen LogP contribution in [0.4, 0.5) is 4.39 Å². The number of benzene rings is 1. The maximum atomic E-state index is 13.2. The molecule has 0 aromatic heterocycles. The summed E-state index contributed by atoms with van der Waals surface area (Å²) in [6.45, 7) is 4.13. The number of halogens is 1. The van der Waals surface area contributed by atoms with E-state index in [9.17, 15) is 14.0 Å². The van der Waals surface area contributed by atoms with E-state index in [2.05, 4.69) is 0 Å². The molecule has 5 heteroatoms. The molecule has 2 rings (SSSR count). The number of methoxy groups -OCH3 is 1.